The molecule has 0 heterocycles. The number of alkyl halides is 4. The Bertz CT molecular complexity index is 538. The van der Waals surface area contributed by atoms with Crippen LogP contribution in [0, 0.1) is 0 Å². The van der Waals surface area contributed by atoms with E-state index < -0.39 is 37.6 Å². The molecule has 0 spiro atoms. The molecule has 0 aromatic carbocycles. The number of aliphatic hydroxyl groups excluding tert-OH is 1. The van der Waals surface area contributed by atoms with Gasteiger partial charge in [0.1, 0.15) is 0 Å². The van der Waals surface area contributed by atoms with E-state index >= 15 is 0 Å². The topological polar surface area (TPSA) is 135 Å². The Morgan fingerprint density at radius 2 is 1.20 bits per heavy atom. The van der Waals surface area contributed by atoms with Gasteiger partial charge in [-0.2, -0.15) is 0 Å². The van der Waals surface area contributed by atoms with Crippen molar-refractivity contribution in [2.24, 2.45) is 0 Å². The van der Waals surface area contributed by atoms with Gasteiger partial charge in [-0.3, -0.25) is 9.59 Å². The third kappa shape index (κ3) is 5.43. The van der Waals surface area contributed by atoms with Crippen LogP contribution in [-0.4, -0.2) is 57.3 Å². The third-order valence-corrected chi connectivity index (χ3v) is 5.55. The van der Waals surface area contributed by atoms with Gasteiger partial charge in [0.15, 0.2) is 21.3 Å². The van der Waals surface area contributed by atoms with Gasteiger partial charge in [-0.1, -0.05) is 49.9 Å². The third-order valence-electron chi connectivity index (χ3n) is 3.45. The molecule has 5 N–H and O–H groups in total. The zero-order chi connectivity index (χ0) is 20.3. The van der Waals surface area contributed by atoms with E-state index in [0.29, 0.717) is 0 Å². The molecule has 2 unspecified atom stereocenters. The van der Waals surface area contributed by atoms with Gasteiger partial charge in [0.2, 0.25) is 5.78 Å². The van der Waals surface area contributed by atoms with E-state index in [9.17, 15) is 35.1 Å². The molecule has 0 bridgehead atoms. The first kappa shape index (κ1) is 24.9. The molecule has 0 aliphatic carbocycles. The number of rotatable bonds is 10. The Morgan fingerprint density at radius 1 is 0.840 bits per heavy atom. The average Bonchev–Trinajstić information content (AvgIpc) is 2.44. The van der Waals surface area contributed by atoms with Crippen LogP contribution in [0.5, 0.6) is 0 Å². The fraction of sp³-hybridized carbons (Fsp3) is 0.714. The van der Waals surface area contributed by atoms with E-state index in [1.807, 2.05) is 0 Å². The molecule has 0 rings (SSSR count). The van der Waals surface area contributed by atoms with Crippen LogP contribution in [-0.2, 0) is 9.59 Å². The van der Waals surface area contributed by atoms with E-state index in [0.717, 1.165) is 0 Å². The standard InChI is InChI=1S/C14H20Cl4O7/c1-3-5-11(15,13(17,22)23)9(20)7-8(19)10(21)12(16,6-4-2)14(18,24)25/h7,19,22-25H,3-6H2,1-2H3/b8-7+. The van der Waals surface area contributed by atoms with Gasteiger partial charge in [-0.25, -0.2) is 0 Å². The Balaban J connectivity index is 5.89. The zero-order valence-electron chi connectivity index (χ0n) is 13.5. The lowest BCUT2D eigenvalue weighted by Crippen LogP contribution is -2.53. The van der Waals surface area contributed by atoms with Crippen molar-refractivity contribution in [2.45, 2.75) is 59.8 Å². The molecule has 0 radical (unpaired) electrons. The summed E-state index contributed by atoms with van der Waals surface area (Å²) < 4.78 is 0. The van der Waals surface area contributed by atoms with Crippen LogP contribution in [0.1, 0.15) is 39.5 Å². The van der Waals surface area contributed by atoms with Crippen molar-refractivity contribution < 1.29 is 35.1 Å². The SMILES string of the molecule is CCCC(Cl)(C(=O)/C=C(/O)C(=O)C(Cl)(CCC)C(O)(O)Cl)C(O)(O)Cl. The van der Waals surface area contributed by atoms with Crippen LogP contribution in [0.2, 0.25) is 0 Å². The van der Waals surface area contributed by atoms with E-state index in [-0.39, 0.29) is 31.8 Å². The molecular formula is C14H20Cl4O7. The van der Waals surface area contributed by atoms with Gasteiger partial charge < -0.3 is 25.5 Å². The summed E-state index contributed by atoms with van der Waals surface area (Å²) >= 11 is 22.4. The van der Waals surface area contributed by atoms with Gasteiger partial charge in [0.05, 0.1) is 0 Å². The molecule has 0 amide bonds. The number of carbonyl (C=O) groups excluding carboxylic acids is 2. The highest BCUT2D eigenvalue weighted by atomic mass is 35.5. The quantitative estimate of drug-likeness (QED) is 0.151. The smallest absolute Gasteiger partial charge is 0.271 e. The highest BCUT2D eigenvalue weighted by molar-refractivity contribution is 6.45. The van der Waals surface area contributed by atoms with Crippen molar-refractivity contribution in [1.29, 1.82) is 0 Å². The largest absolute Gasteiger partial charge is 0.504 e. The molecule has 2 atom stereocenters. The van der Waals surface area contributed by atoms with Gasteiger partial charge in [0, 0.05) is 6.08 Å². The first-order valence-electron chi connectivity index (χ1n) is 7.23. The summed E-state index contributed by atoms with van der Waals surface area (Å²) in [6, 6.07) is 0. The highest BCUT2D eigenvalue weighted by Gasteiger charge is 2.55. The summed E-state index contributed by atoms with van der Waals surface area (Å²) in [5.74, 6) is -4.06. The van der Waals surface area contributed by atoms with Gasteiger partial charge in [-0.05, 0) is 12.8 Å². The molecular weight excluding hydrogens is 422 g/mol. The monoisotopic (exact) mass is 440 g/mol. The summed E-state index contributed by atoms with van der Waals surface area (Å²) in [4.78, 5) is 19.5. The number of ketones is 2. The lowest BCUT2D eigenvalue weighted by atomic mass is 9.92. The normalized spacial score (nSPS) is 18.4. The van der Waals surface area contributed by atoms with Crippen molar-refractivity contribution in [3.8, 4) is 0 Å². The van der Waals surface area contributed by atoms with Crippen LogP contribution < -0.4 is 0 Å². The molecule has 11 heteroatoms. The molecule has 0 fully saturated rings. The molecule has 0 saturated heterocycles. The molecule has 146 valence electrons. The van der Waals surface area contributed by atoms with E-state index in [1.165, 1.54) is 0 Å². The average molecular weight is 442 g/mol. The van der Waals surface area contributed by atoms with E-state index in [2.05, 4.69) is 0 Å². The first-order chi connectivity index (χ1) is 11.1. The Kier molecular flexibility index (Phi) is 8.67. The Hall–Kier alpha value is -0.120. The number of halogens is 4. The van der Waals surface area contributed by atoms with Crippen molar-refractivity contribution in [3.63, 3.8) is 0 Å². The van der Waals surface area contributed by atoms with Crippen molar-refractivity contribution in [3.05, 3.63) is 11.8 Å². The minimum atomic E-state index is -3.22. The maximum atomic E-state index is 12.3. The van der Waals surface area contributed by atoms with Crippen molar-refractivity contribution in [2.75, 3.05) is 0 Å². The van der Waals surface area contributed by atoms with Crippen LogP contribution in [0.4, 0.5) is 0 Å². The van der Waals surface area contributed by atoms with Crippen molar-refractivity contribution >= 4 is 58.0 Å². The maximum Gasteiger partial charge on any atom is 0.271 e. The number of allylic oxidation sites excluding steroid dienone is 2. The fourth-order valence-electron chi connectivity index (χ4n) is 2.05. The lowest BCUT2D eigenvalue weighted by Gasteiger charge is -2.33. The molecule has 0 aromatic rings. The van der Waals surface area contributed by atoms with Gasteiger partial charge >= 0.3 is 0 Å². The summed E-state index contributed by atoms with van der Waals surface area (Å²) in [6.07, 6.45) is 0.0167. The molecule has 0 aliphatic rings. The number of Topliss-reactive ketones (excluding diaryl/α,β-unsaturated/α-hetero) is 1. The van der Waals surface area contributed by atoms with Crippen LogP contribution in [0.3, 0.4) is 0 Å². The minimum absolute atomic E-state index is 0.180. The van der Waals surface area contributed by atoms with Gasteiger partial charge in [0.25, 0.3) is 10.5 Å². The lowest BCUT2D eigenvalue weighted by molar-refractivity contribution is -0.149. The first-order valence-corrected chi connectivity index (χ1v) is 8.74. The minimum Gasteiger partial charge on any atom is -0.504 e. The van der Waals surface area contributed by atoms with E-state index in [4.69, 9.17) is 46.4 Å². The number of aliphatic hydroxyl groups is 5. The van der Waals surface area contributed by atoms with Crippen molar-refractivity contribution in [1.82, 2.24) is 0 Å². The van der Waals surface area contributed by atoms with Crippen LogP contribution >= 0.6 is 46.4 Å². The predicted octanol–water partition coefficient (Wildman–Crippen LogP) is 1.88. The maximum absolute atomic E-state index is 12.3. The number of hydrogen-bond donors (Lipinski definition) is 5. The number of hydrogen-bond acceptors (Lipinski definition) is 7. The molecule has 7 nitrogen and oxygen atoms in total. The molecule has 0 aromatic heterocycles. The van der Waals surface area contributed by atoms with Crippen LogP contribution in [0.25, 0.3) is 0 Å². The second-order valence-corrected chi connectivity index (χ2v) is 7.84. The Labute approximate surface area is 164 Å². The number of carbonyl (C=O) groups is 2. The highest BCUT2D eigenvalue weighted by Crippen LogP contribution is 2.40. The zero-order valence-corrected chi connectivity index (χ0v) is 16.5. The molecule has 0 saturated carbocycles. The van der Waals surface area contributed by atoms with Crippen LogP contribution in [0.15, 0.2) is 11.8 Å². The Morgan fingerprint density at radius 3 is 1.52 bits per heavy atom. The second-order valence-electron chi connectivity index (χ2n) is 5.50. The summed E-state index contributed by atoms with van der Waals surface area (Å²) in [5, 5.41) is 41.5. The van der Waals surface area contributed by atoms with E-state index in [1.54, 1.807) is 13.8 Å². The fourth-order valence-corrected chi connectivity index (χ4v) is 2.95. The predicted molar refractivity (Wildman–Crippen MR) is 93.8 cm³/mol. The molecule has 25 heavy (non-hydrogen) atoms. The summed E-state index contributed by atoms with van der Waals surface area (Å²) in [6.45, 7) is 3.13. The van der Waals surface area contributed by atoms with Gasteiger partial charge in [-0.15, -0.1) is 23.2 Å². The second kappa shape index (κ2) is 8.71. The summed E-state index contributed by atoms with van der Waals surface area (Å²) in [5.41, 5.74) is 0. The molecule has 0 aliphatic heterocycles. The summed E-state index contributed by atoms with van der Waals surface area (Å²) in [7, 11) is 0.